The molecule has 1 aromatic carbocycles. The van der Waals surface area contributed by atoms with Crippen LogP contribution in [-0.4, -0.2) is 56.5 Å². The largest absolute Gasteiger partial charge is 0.481 e. The van der Waals surface area contributed by atoms with Crippen LogP contribution in [0.4, 0.5) is 5.82 Å². The lowest BCUT2D eigenvalue weighted by Gasteiger charge is -2.15. The second kappa shape index (κ2) is 8.84. The van der Waals surface area contributed by atoms with Crippen LogP contribution in [0.3, 0.4) is 0 Å². The quantitative estimate of drug-likeness (QED) is 0.484. The van der Waals surface area contributed by atoms with Crippen molar-refractivity contribution >= 4 is 34.5 Å². The molecule has 3 heterocycles. The van der Waals surface area contributed by atoms with Crippen molar-refractivity contribution in [1.29, 1.82) is 0 Å². The molecule has 0 radical (unpaired) electrons. The molecule has 3 aromatic rings. The number of halogens is 1. The van der Waals surface area contributed by atoms with Crippen molar-refractivity contribution in [2.45, 2.75) is 12.5 Å². The summed E-state index contributed by atoms with van der Waals surface area (Å²) in [6.45, 7) is 5.02. The Kier molecular flexibility index (Phi) is 5.82. The first-order valence-electron chi connectivity index (χ1n) is 9.38. The molecule has 2 aromatic heterocycles. The number of ether oxygens (including phenoxy) is 1. The Morgan fingerprint density at radius 1 is 1.40 bits per heavy atom. The Bertz CT molecular complexity index is 1130. The van der Waals surface area contributed by atoms with E-state index in [2.05, 4.69) is 43.7 Å². The third kappa shape index (κ3) is 4.53. The second-order valence-corrected chi connectivity index (χ2v) is 7.10. The number of benzene rings is 1. The topological polar surface area (TPSA) is 96.0 Å². The van der Waals surface area contributed by atoms with Gasteiger partial charge < -0.3 is 19.9 Å². The number of rotatable bonds is 5. The standard InChI is InChI=1S/C21H19ClN6O2/c1-2-18(29)28-10-9-15(12-28)25-20-19-21(24-13-23-20)27-17(26-19)4-3-11-30-16-7-5-14(22)6-8-16/h2,5-8,13,15H,1,9-12H2,(H2,23,24,25,26,27). The fraction of sp³-hybridized carbons (Fsp3) is 0.238. The van der Waals surface area contributed by atoms with Gasteiger partial charge in [-0.3, -0.25) is 4.79 Å². The number of carbonyl (C=O) groups is 1. The van der Waals surface area contributed by atoms with Gasteiger partial charge in [-0.05, 0) is 42.7 Å². The van der Waals surface area contributed by atoms with Gasteiger partial charge in [-0.15, -0.1) is 0 Å². The summed E-state index contributed by atoms with van der Waals surface area (Å²) in [7, 11) is 0. The predicted molar refractivity (Wildman–Crippen MR) is 114 cm³/mol. The number of aromatic nitrogens is 4. The van der Waals surface area contributed by atoms with Crippen molar-refractivity contribution in [3.63, 3.8) is 0 Å². The number of H-pyrrole nitrogens is 1. The highest BCUT2D eigenvalue weighted by molar-refractivity contribution is 6.30. The van der Waals surface area contributed by atoms with Crippen molar-refractivity contribution in [3.05, 3.63) is 54.1 Å². The third-order valence-corrected chi connectivity index (χ3v) is 4.88. The number of hydrogen-bond acceptors (Lipinski definition) is 6. The smallest absolute Gasteiger partial charge is 0.246 e. The van der Waals surface area contributed by atoms with E-state index in [0.29, 0.717) is 46.7 Å². The highest BCUT2D eigenvalue weighted by Gasteiger charge is 2.25. The molecule has 1 saturated heterocycles. The summed E-state index contributed by atoms with van der Waals surface area (Å²) in [6, 6.07) is 7.17. The number of aromatic amines is 1. The molecular weight excluding hydrogens is 404 g/mol. The summed E-state index contributed by atoms with van der Waals surface area (Å²) < 4.78 is 5.55. The summed E-state index contributed by atoms with van der Waals surface area (Å²) in [6.07, 6.45) is 3.62. The van der Waals surface area contributed by atoms with E-state index in [1.807, 2.05) is 0 Å². The average molecular weight is 423 g/mol. The van der Waals surface area contributed by atoms with Crippen LogP contribution in [0.1, 0.15) is 12.2 Å². The van der Waals surface area contributed by atoms with Gasteiger partial charge in [-0.1, -0.05) is 24.1 Å². The normalized spacial score (nSPS) is 15.5. The van der Waals surface area contributed by atoms with Crippen molar-refractivity contribution < 1.29 is 9.53 Å². The Balaban J connectivity index is 1.42. The minimum atomic E-state index is -0.0646. The molecule has 30 heavy (non-hydrogen) atoms. The molecule has 0 bridgehead atoms. The zero-order valence-corrected chi connectivity index (χ0v) is 16.8. The Morgan fingerprint density at radius 2 is 2.23 bits per heavy atom. The fourth-order valence-electron chi connectivity index (χ4n) is 3.16. The number of amides is 1. The van der Waals surface area contributed by atoms with Gasteiger partial charge >= 0.3 is 0 Å². The number of nitrogens with zero attached hydrogens (tertiary/aromatic N) is 4. The van der Waals surface area contributed by atoms with E-state index in [9.17, 15) is 4.79 Å². The number of imidazole rings is 1. The molecule has 1 aliphatic heterocycles. The van der Waals surface area contributed by atoms with E-state index in [-0.39, 0.29) is 18.6 Å². The van der Waals surface area contributed by atoms with Crippen LogP contribution in [0.2, 0.25) is 5.02 Å². The van der Waals surface area contributed by atoms with E-state index in [4.69, 9.17) is 16.3 Å². The number of nitrogens with one attached hydrogen (secondary N) is 2. The average Bonchev–Trinajstić information content (AvgIpc) is 3.39. The fourth-order valence-corrected chi connectivity index (χ4v) is 3.29. The van der Waals surface area contributed by atoms with Crippen molar-refractivity contribution in [2.75, 3.05) is 25.0 Å². The maximum Gasteiger partial charge on any atom is 0.246 e. The second-order valence-electron chi connectivity index (χ2n) is 6.67. The van der Waals surface area contributed by atoms with Crippen molar-refractivity contribution in [3.8, 4) is 17.6 Å². The van der Waals surface area contributed by atoms with E-state index >= 15 is 0 Å². The maximum atomic E-state index is 11.8. The molecule has 1 fully saturated rings. The molecule has 152 valence electrons. The number of likely N-dealkylation sites (tertiary alicyclic amines) is 1. The van der Waals surface area contributed by atoms with E-state index in [1.54, 1.807) is 29.2 Å². The molecular formula is C21H19ClN6O2. The van der Waals surface area contributed by atoms with Crippen LogP contribution in [0.15, 0.2) is 43.2 Å². The Hall–Kier alpha value is -3.57. The van der Waals surface area contributed by atoms with Crippen LogP contribution in [0.25, 0.3) is 11.2 Å². The van der Waals surface area contributed by atoms with Gasteiger partial charge in [0.25, 0.3) is 0 Å². The van der Waals surface area contributed by atoms with Crippen LogP contribution in [0, 0.1) is 11.8 Å². The molecule has 0 spiro atoms. The molecule has 1 aliphatic rings. The van der Waals surface area contributed by atoms with Crippen LogP contribution >= 0.6 is 11.6 Å². The number of hydrogen-bond donors (Lipinski definition) is 2. The molecule has 2 N–H and O–H groups in total. The highest BCUT2D eigenvalue weighted by atomic mass is 35.5. The molecule has 1 atom stereocenters. The summed E-state index contributed by atoms with van der Waals surface area (Å²) in [5.74, 6) is 7.57. The Labute approximate surface area is 178 Å². The summed E-state index contributed by atoms with van der Waals surface area (Å²) in [4.78, 5) is 29.6. The molecule has 4 rings (SSSR count). The minimum Gasteiger partial charge on any atom is -0.481 e. The van der Waals surface area contributed by atoms with Gasteiger partial charge in [0.1, 0.15) is 18.7 Å². The lowest BCUT2D eigenvalue weighted by atomic mass is 10.2. The molecule has 8 nitrogen and oxygen atoms in total. The maximum absolute atomic E-state index is 11.8. The molecule has 0 aliphatic carbocycles. The third-order valence-electron chi connectivity index (χ3n) is 4.63. The highest BCUT2D eigenvalue weighted by Crippen LogP contribution is 2.20. The monoisotopic (exact) mass is 422 g/mol. The zero-order valence-electron chi connectivity index (χ0n) is 16.1. The predicted octanol–water partition coefficient (Wildman–Crippen LogP) is 2.64. The molecule has 1 unspecified atom stereocenters. The van der Waals surface area contributed by atoms with E-state index < -0.39 is 0 Å². The lowest BCUT2D eigenvalue weighted by Crippen LogP contribution is -2.30. The lowest BCUT2D eigenvalue weighted by molar-refractivity contribution is -0.125. The van der Waals surface area contributed by atoms with Gasteiger partial charge in [-0.2, -0.15) is 0 Å². The Morgan fingerprint density at radius 3 is 3.03 bits per heavy atom. The number of fused-ring (bicyclic) bond motifs is 1. The number of carbonyl (C=O) groups excluding carboxylic acids is 1. The van der Waals surface area contributed by atoms with Gasteiger partial charge in [0.05, 0.1) is 0 Å². The summed E-state index contributed by atoms with van der Waals surface area (Å²) in [5.41, 5.74) is 1.20. The van der Waals surface area contributed by atoms with Gasteiger partial charge in [-0.25, -0.2) is 15.0 Å². The van der Waals surface area contributed by atoms with Crippen LogP contribution in [0.5, 0.6) is 5.75 Å². The first-order chi connectivity index (χ1) is 14.6. The van der Waals surface area contributed by atoms with Crippen molar-refractivity contribution in [2.24, 2.45) is 0 Å². The zero-order chi connectivity index (χ0) is 20.9. The first kappa shape index (κ1) is 19.7. The SMILES string of the molecule is C=CC(=O)N1CCC(Nc2ncnc3[nH]c(C#CCOc4ccc(Cl)cc4)nc23)C1. The van der Waals surface area contributed by atoms with Gasteiger partial charge in [0.15, 0.2) is 22.8 Å². The first-order valence-corrected chi connectivity index (χ1v) is 9.76. The van der Waals surface area contributed by atoms with Crippen LogP contribution in [-0.2, 0) is 4.79 Å². The number of anilines is 1. The van der Waals surface area contributed by atoms with Gasteiger partial charge in [0, 0.05) is 24.2 Å². The van der Waals surface area contributed by atoms with Crippen molar-refractivity contribution in [1.82, 2.24) is 24.8 Å². The van der Waals surface area contributed by atoms with Gasteiger partial charge in [0.2, 0.25) is 5.91 Å². The van der Waals surface area contributed by atoms with E-state index in [1.165, 1.54) is 12.4 Å². The molecule has 0 saturated carbocycles. The molecule has 1 amide bonds. The summed E-state index contributed by atoms with van der Waals surface area (Å²) in [5, 5.41) is 4.01. The van der Waals surface area contributed by atoms with Crippen LogP contribution < -0.4 is 10.1 Å². The molecule has 9 heteroatoms. The summed E-state index contributed by atoms with van der Waals surface area (Å²) >= 11 is 5.85. The van der Waals surface area contributed by atoms with E-state index in [0.717, 1.165) is 6.42 Å². The minimum absolute atomic E-state index is 0.0646.